The summed E-state index contributed by atoms with van der Waals surface area (Å²) in [6.45, 7) is 3.27. The van der Waals surface area contributed by atoms with Gasteiger partial charge in [0, 0.05) is 10.9 Å². The number of aromatic nitrogens is 1. The molecule has 0 fully saturated rings. The van der Waals surface area contributed by atoms with Crippen LogP contribution < -0.4 is 10.1 Å². The van der Waals surface area contributed by atoms with Crippen molar-refractivity contribution in [2.45, 2.75) is 13.8 Å². The highest BCUT2D eigenvalue weighted by atomic mass is 32.1. The molecule has 3 aromatic rings. The van der Waals surface area contributed by atoms with Gasteiger partial charge in [0.2, 0.25) is 0 Å². The summed E-state index contributed by atoms with van der Waals surface area (Å²) in [4.78, 5) is 17.0. The first-order valence-electron chi connectivity index (χ1n) is 8.76. The molecule has 3 rings (SSSR count). The minimum Gasteiger partial charge on any atom is -0.510 e. The van der Waals surface area contributed by atoms with Crippen LogP contribution in [-0.4, -0.2) is 23.1 Å². The molecule has 0 saturated heterocycles. The summed E-state index contributed by atoms with van der Waals surface area (Å²) in [6, 6.07) is 14.8. The van der Waals surface area contributed by atoms with Crippen molar-refractivity contribution in [3.8, 4) is 17.0 Å². The summed E-state index contributed by atoms with van der Waals surface area (Å²) < 4.78 is 5.15. The number of ether oxygens (including phenoxy) is 1. The normalized spacial score (nSPS) is 12.0. The number of nitrogens with zero attached hydrogens (tertiary/aromatic N) is 3. The van der Waals surface area contributed by atoms with E-state index in [4.69, 9.17) is 4.74 Å². The van der Waals surface area contributed by atoms with E-state index in [0.717, 1.165) is 22.6 Å². The highest BCUT2D eigenvalue weighted by Crippen LogP contribution is 2.27. The SMILES string of the molecule is COc1ccc(-c2csc(NC(=O)/C(N=Nc3ccccc3C)=C(\C)O)n2)cc1. The van der Waals surface area contributed by atoms with Gasteiger partial charge < -0.3 is 9.84 Å². The predicted octanol–water partition coefficient (Wildman–Crippen LogP) is 5.64. The molecular formula is C21H20N4O3S. The summed E-state index contributed by atoms with van der Waals surface area (Å²) in [5.41, 5.74) is 2.98. The van der Waals surface area contributed by atoms with Gasteiger partial charge in [-0.3, -0.25) is 10.1 Å². The average Bonchev–Trinajstić information content (AvgIpc) is 3.17. The standard InChI is InChI=1S/C21H20N4O3S/c1-13-6-4-5-7-17(13)24-25-19(14(2)26)20(27)23-21-22-18(12-29-21)15-8-10-16(28-3)11-9-15/h4-12,26H,1-3H3,(H,22,23,27)/b19-14-,25-24?. The van der Waals surface area contributed by atoms with Gasteiger partial charge in [-0.05, 0) is 49.7 Å². The molecule has 0 aliphatic rings. The minimum absolute atomic E-state index is 0.172. The first-order valence-corrected chi connectivity index (χ1v) is 9.64. The molecule has 0 bridgehead atoms. The van der Waals surface area contributed by atoms with Gasteiger partial charge in [-0.25, -0.2) is 4.98 Å². The van der Waals surface area contributed by atoms with E-state index in [-0.39, 0.29) is 11.5 Å². The molecule has 29 heavy (non-hydrogen) atoms. The summed E-state index contributed by atoms with van der Waals surface area (Å²) in [7, 11) is 1.61. The molecule has 0 atom stereocenters. The third kappa shape index (κ3) is 5.05. The Labute approximate surface area is 172 Å². The van der Waals surface area contributed by atoms with E-state index < -0.39 is 5.91 Å². The lowest BCUT2D eigenvalue weighted by molar-refractivity contribution is -0.113. The van der Waals surface area contributed by atoms with E-state index >= 15 is 0 Å². The van der Waals surface area contributed by atoms with Crippen LogP contribution in [0.2, 0.25) is 0 Å². The maximum atomic E-state index is 12.6. The van der Waals surface area contributed by atoms with Crippen LogP contribution in [0.5, 0.6) is 5.75 Å². The lowest BCUT2D eigenvalue weighted by Crippen LogP contribution is -2.14. The molecule has 0 saturated carbocycles. The van der Waals surface area contributed by atoms with Crippen LogP contribution in [0.1, 0.15) is 12.5 Å². The number of rotatable bonds is 6. The number of azo groups is 1. The molecule has 0 unspecified atom stereocenters. The Hall–Kier alpha value is -3.52. The van der Waals surface area contributed by atoms with E-state index in [1.165, 1.54) is 18.3 Å². The molecule has 1 heterocycles. The Bertz CT molecular complexity index is 1070. The van der Waals surface area contributed by atoms with Crippen molar-refractivity contribution in [2.75, 3.05) is 12.4 Å². The van der Waals surface area contributed by atoms with Crippen LogP contribution in [0, 0.1) is 6.92 Å². The molecule has 148 valence electrons. The number of carbonyl (C=O) groups excluding carboxylic acids is 1. The summed E-state index contributed by atoms with van der Waals surface area (Å²) in [5, 5.41) is 22.8. The minimum atomic E-state index is -0.585. The van der Waals surface area contributed by atoms with Gasteiger partial charge in [0.25, 0.3) is 5.91 Å². The Kier molecular flexibility index (Phi) is 6.36. The number of aliphatic hydroxyl groups excluding tert-OH is 1. The largest absolute Gasteiger partial charge is 0.510 e. The smallest absolute Gasteiger partial charge is 0.281 e. The quantitative estimate of drug-likeness (QED) is 0.313. The second-order valence-corrected chi connectivity index (χ2v) is 7.00. The van der Waals surface area contributed by atoms with E-state index in [1.807, 2.05) is 54.8 Å². The molecule has 0 aliphatic heterocycles. The maximum absolute atomic E-state index is 12.6. The number of aliphatic hydroxyl groups is 1. The fourth-order valence-corrected chi connectivity index (χ4v) is 3.16. The number of aryl methyl sites for hydroxylation is 1. The third-order valence-corrected chi connectivity index (χ3v) is 4.80. The topological polar surface area (TPSA) is 96.2 Å². The van der Waals surface area contributed by atoms with Crippen molar-refractivity contribution in [2.24, 2.45) is 10.2 Å². The van der Waals surface area contributed by atoms with Gasteiger partial charge in [0.15, 0.2) is 10.8 Å². The Morgan fingerprint density at radius 1 is 1.17 bits per heavy atom. The van der Waals surface area contributed by atoms with Gasteiger partial charge >= 0.3 is 0 Å². The second-order valence-electron chi connectivity index (χ2n) is 6.14. The first-order chi connectivity index (χ1) is 14.0. The fraction of sp³-hybridized carbons (Fsp3) is 0.143. The van der Waals surface area contributed by atoms with Crippen LogP contribution >= 0.6 is 11.3 Å². The number of anilines is 1. The number of allylic oxidation sites excluding steroid dienone is 1. The van der Waals surface area contributed by atoms with E-state index in [1.54, 1.807) is 13.2 Å². The van der Waals surface area contributed by atoms with E-state index in [9.17, 15) is 9.90 Å². The average molecular weight is 408 g/mol. The zero-order valence-corrected chi connectivity index (χ0v) is 17.0. The lowest BCUT2D eigenvalue weighted by atomic mass is 10.2. The summed E-state index contributed by atoms with van der Waals surface area (Å²) >= 11 is 1.28. The van der Waals surface area contributed by atoms with Gasteiger partial charge in [-0.2, -0.15) is 0 Å². The zero-order chi connectivity index (χ0) is 20.8. The summed E-state index contributed by atoms with van der Waals surface area (Å²) in [5.74, 6) is -0.0607. The number of hydrogen-bond donors (Lipinski definition) is 2. The molecular weight excluding hydrogens is 388 g/mol. The fourth-order valence-electron chi connectivity index (χ4n) is 2.44. The Morgan fingerprint density at radius 2 is 1.90 bits per heavy atom. The van der Waals surface area contributed by atoms with E-state index in [2.05, 4.69) is 20.5 Å². The highest BCUT2D eigenvalue weighted by molar-refractivity contribution is 7.14. The number of methoxy groups -OCH3 is 1. The number of hydrogen-bond acceptors (Lipinski definition) is 7. The van der Waals surface area contributed by atoms with Crippen LogP contribution in [-0.2, 0) is 4.79 Å². The van der Waals surface area contributed by atoms with Crippen molar-refractivity contribution >= 4 is 28.1 Å². The van der Waals surface area contributed by atoms with Crippen LogP contribution in [0.3, 0.4) is 0 Å². The second kappa shape index (κ2) is 9.11. The highest BCUT2D eigenvalue weighted by Gasteiger charge is 2.16. The number of thiazole rings is 1. The third-order valence-electron chi connectivity index (χ3n) is 4.04. The number of nitrogens with one attached hydrogen (secondary N) is 1. The van der Waals surface area contributed by atoms with Crippen molar-refractivity contribution in [3.05, 3.63) is 70.9 Å². The number of amides is 1. The summed E-state index contributed by atoms with van der Waals surface area (Å²) in [6.07, 6.45) is 0. The van der Waals surface area contributed by atoms with E-state index in [0.29, 0.717) is 10.8 Å². The number of benzene rings is 2. The number of carbonyl (C=O) groups is 1. The maximum Gasteiger partial charge on any atom is 0.281 e. The first kappa shape index (κ1) is 20.2. The zero-order valence-electron chi connectivity index (χ0n) is 16.2. The van der Waals surface area contributed by atoms with Crippen LogP contribution in [0.25, 0.3) is 11.3 Å². The Balaban J connectivity index is 1.75. The molecule has 2 N–H and O–H groups in total. The van der Waals surface area contributed by atoms with Crippen LogP contribution in [0.4, 0.5) is 10.8 Å². The molecule has 7 nitrogen and oxygen atoms in total. The molecule has 1 amide bonds. The monoisotopic (exact) mass is 408 g/mol. The lowest BCUT2D eigenvalue weighted by Gasteiger charge is -2.03. The molecule has 1 aromatic heterocycles. The van der Waals surface area contributed by atoms with Gasteiger partial charge in [0.05, 0.1) is 18.5 Å². The van der Waals surface area contributed by atoms with Gasteiger partial charge in [-0.15, -0.1) is 21.6 Å². The van der Waals surface area contributed by atoms with Crippen LogP contribution in [0.15, 0.2) is 75.6 Å². The molecule has 0 radical (unpaired) electrons. The van der Waals surface area contributed by atoms with Gasteiger partial charge in [0.1, 0.15) is 11.5 Å². The van der Waals surface area contributed by atoms with Crippen molar-refractivity contribution in [3.63, 3.8) is 0 Å². The molecule has 0 aliphatic carbocycles. The predicted molar refractivity (Wildman–Crippen MR) is 114 cm³/mol. The molecule has 0 spiro atoms. The molecule has 8 heteroatoms. The Morgan fingerprint density at radius 3 is 2.55 bits per heavy atom. The van der Waals surface area contributed by atoms with Gasteiger partial charge in [-0.1, -0.05) is 18.2 Å². The molecule has 2 aromatic carbocycles. The van der Waals surface area contributed by atoms with Crippen molar-refractivity contribution in [1.82, 2.24) is 4.98 Å². The van der Waals surface area contributed by atoms with Crippen molar-refractivity contribution in [1.29, 1.82) is 0 Å². The van der Waals surface area contributed by atoms with Crippen molar-refractivity contribution < 1.29 is 14.6 Å².